The van der Waals surface area contributed by atoms with E-state index in [0.29, 0.717) is 5.41 Å². The summed E-state index contributed by atoms with van der Waals surface area (Å²) < 4.78 is 5.28. The molecule has 2 aliphatic rings. The van der Waals surface area contributed by atoms with E-state index in [0.717, 1.165) is 18.2 Å². The third kappa shape index (κ3) is 2.99. The zero-order valence-corrected chi connectivity index (χ0v) is 12.5. The first kappa shape index (κ1) is 13.9. The van der Waals surface area contributed by atoms with Crippen molar-refractivity contribution < 1.29 is 4.74 Å². The molecule has 1 heterocycles. The molecule has 1 saturated carbocycles. The van der Waals surface area contributed by atoms with Crippen LogP contribution in [0.3, 0.4) is 0 Å². The van der Waals surface area contributed by atoms with Crippen molar-refractivity contribution in [3.63, 3.8) is 0 Å². The lowest BCUT2D eigenvalue weighted by Crippen LogP contribution is -2.39. The van der Waals surface area contributed by atoms with Gasteiger partial charge in [0.15, 0.2) is 0 Å². The summed E-state index contributed by atoms with van der Waals surface area (Å²) in [5.74, 6) is 0.767. The highest BCUT2D eigenvalue weighted by atomic mass is 16.5. The van der Waals surface area contributed by atoms with Gasteiger partial charge in [0.25, 0.3) is 0 Å². The Bertz CT molecular complexity index is 431. The molecular weight excluding hydrogens is 248 g/mol. The number of nitrogens with two attached hydrogens (primary N) is 1. The number of ether oxygens (including phenoxy) is 1. The van der Waals surface area contributed by atoms with Gasteiger partial charge < -0.3 is 15.4 Å². The lowest BCUT2D eigenvalue weighted by Gasteiger charge is -2.34. The van der Waals surface area contributed by atoms with E-state index in [-0.39, 0.29) is 0 Å². The molecule has 110 valence electrons. The smallest absolute Gasteiger partial charge is 0.0491 e. The van der Waals surface area contributed by atoms with Gasteiger partial charge in [-0.15, -0.1) is 0 Å². The Balaban J connectivity index is 1.57. The number of anilines is 1. The van der Waals surface area contributed by atoms with Crippen LogP contribution in [-0.4, -0.2) is 38.3 Å². The van der Waals surface area contributed by atoms with E-state index in [1.165, 1.54) is 50.9 Å². The Kier molecular flexibility index (Phi) is 3.99. The van der Waals surface area contributed by atoms with Crippen molar-refractivity contribution in [2.45, 2.75) is 31.1 Å². The first-order valence-corrected chi connectivity index (χ1v) is 7.79. The minimum absolute atomic E-state index is 0.418. The Hall–Kier alpha value is -1.06. The molecule has 1 aromatic rings. The predicted octanol–water partition coefficient (Wildman–Crippen LogP) is 2.66. The average Bonchev–Trinajstić information content (AvgIpc) is 3.23. The SMILES string of the molecule is COCC1CCN(CC2(c3ccc(N)cc3)CC2)CC1. The lowest BCUT2D eigenvalue weighted by atomic mass is 9.92. The summed E-state index contributed by atoms with van der Waals surface area (Å²) in [6.45, 7) is 4.60. The molecule has 0 spiro atoms. The Morgan fingerprint density at radius 3 is 2.40 bits per heavy atom. The first-order chi connectivity index (χ1) is 9.72. The van der Waals surface area contributed by atoms with Crippen molar-refractivity contribution in [3.8, 4) is 0 Å². The number of nitrogen functional groups attached to an aromatic ring is 1. The summed E-state index contributed by atoms with van der Waals surface area (Å²) in [6.07, 6.45) is 5.22. The molecule has 1 aliphatic heterocycles. The first-order valence-electron chi connectivity index (χ1n) is 7.79. The van der Waals surface area contributed by atoms with Gasteiger partial charge in [-0.25, -0.2) is 0 Å². The highest BCUT2D eigenvalue weighted by molar-refractivity contribution is 5.43. The van der Waals surface area contributed by atoms with E-state index in [1.807, 2.05) is 19.2 Å². The van der Waals surface area contributed by atoms with Crippen molar-refractivity contribution >= 4 is 5.69 Å². The van der Waals surface area contributed by atoms with Crippen LogP contribution >= 0.6 is 0 Å². The van der Waals surface area contributed by atoms with E-state index < -0.39 is 0 Å². The number of piperidine rings is 1. The molecule has 0 radical (unpaired) electrons. The number of nitrogens with zero attached hydrogens (tertiary/aromatic N) is 1. The maximum absolute atomic E-state index is 5.80. The molecule has 2 N–H and O–H groups in total. The largest absolute Gasteiger partial charge is 0.399 e. The van der Waals surface area contributed by atoms with Crippen LogP contribution in [-0.2, 0) is 10.2 Å². The van der Waals surface area contributed by atoms with E-state index in [4.69, 9.17) is 10.5 Å². The van der Waals surface area contributed by atoms with E-state index >= 15 is 0 Å². The van der Waals surface area contributed by atoms with Gasteiger partial charge in [0, 0.05) is 31.4 Å². The molecule has 3 heteroatoms. The van der Waals surface area contributed by atoms with Gasteiger partial charge in [0.1, 0.15) is 0 Å². The molecule has 0 unspecified atom stereocenters. The van der Waals surface area contributed by atoms with Gasteiger partial charge >= 0.3 is 0 Å². The van der Waals surface area contributed by atoms with Gasteiger partial charge in [-0.05, 0) is 62.4 Å². The normalized spacial score (nSPS) is 22.9. The van der Waals surface area contributed by atoms with E-state index in [9.17, 15) is 0 Å². The second-order valence-electron chi connectivity index (χ2n) is 6.58. The highest BCUT2D eigenvalue weighted by Crippen LogP contribution is 2.49. The molecule has 1 saturated heterocycles. The average molecular weight is 274 g/mol. The molecule has 0 bridgehead atoms. The molecule has 1 aliphatic carbocycles. The zero-order chi connectivity index (χ0) is 14.0. The Morgan fingerprint density at radius 1 is 1.20 bits per heavy atom. The third-order valence-electron chi connectivity index (χ3n) is 5.01. The number of rotatable bonds is 5. The van der Waals surface area contributed by atoms with Crippen LogP contribution < -0.4 is 5.73 Å². The standard InChI is InChI=1S/C17H26N2O/c1-20-12-14-6-10-19(11-7-14)13-17(8-9-17)15-2-4-16(18)5-3-15/h2-5,14H,6-13,18H2,1H3. The number of benzene rings is 1. The second-order valence-corrected chi connectivity index (χ2v) is 6.58. The van der Waals surface area contributed by atoms with Crippen LogP contribution in [0.2, 0.25) is 0 Å². The second kappa shape index (κ2) is 5.74. The zero-order valence-electron chi connectivity index (χ0n) is 12.5. The molecule has 0 amide bonds. The fourth-order valence-electron chi connectivity index (χ4n) is 3.50. The van der Waals surface area contributed by atoms with Gasteiger partial charge in [-0.3, -0.25) is 0 Å². The van der Waals surface area contributed by atoms with E-state index in [1.54, 1.807) is 0 Å². The van der Waals surface area contributed by atoms with Crippen LogP contribution in [0.25, 0.3) is 0 Å². The Labute approximate surface area is 122 Å². The van der Waals surface area contributed by atoms with Gasteiger partial charge in [0.05, 0.1) is 0 Å². The van der Waals surface area contributed by atoms with Gasteiger partial charge in [-0.2, -0.15) is 0 Å². The number of hydrogen-bond acceptors (Lipinski definition) is 3. The van der Waals surface area contributed by atoms with Crippen molar-refractivity contribution in [3.05, 3.63) is 29.8 Å². The van der Waals surface area contributed by atoms with Crippen LogP contribution in [0.15, 0.2) is 24.3 Å². The fourth-order valence-corrected chi connectivity index (χ4v) is 3.50. The summed E-state index contributed by atoms with van der Waals surface area (Å²) >= 11 is 0. The van der Waals surface area contributed by atoms with Crippen molar-refractivity contribution in [1.29, 1.82) is 0 Å². The van der Waals surface area contributed by atoms with Crippen molar-refractivity contribution in [2.75, 3.05) is 39.1 Å². The quantitative estimate of drug-likeness (QED) is 0.839. The molecule has 1 aromatic carbocycles. The van der Waals surface area contributed by atoms with Crippen LogP contribution in [0.1, 0.15) is 31.2 Å². The number of hydrogen-bond donors (Lipinski definition) is 1. The monoisotopic (exact) mass is 274 g/mol. The Morgan fingerprint density at radius 2 is 1.85 bits per heavy atom. The topological polar surface area (TPSA) is 38.5 Å². The highest BCUT2D eigenvalue weighted by Gasteiger charge is 2.45. The van der Waals surface area contributed by atoms with Crippen LogP contribution in [0.5, 0.6) is 0 Å². The molecule has 2 fully saturated rings. The molecular formula is C17H26N2O. The number of likely N-dealkylation sites (tertiary alicyclic amines) is 1. The van der Waals surface area contributed by atoms with Crippen molar-refractivity contribution in [1.82, 2.24) is 4.90 Å². The maximum Gasteiger partial charge on any atom is 0.0491 e. The van der Waals surface area contributed by atoms with Gasteiger partial charge in [0.2, 0.25) is 0 Å². The predicted molar refractivity (Wildman–Crippen MR) is 82.8 cm³/mol. The van der Waals surface area contributed by atoms with Crippen molar-refractivity contribution in [2.24, 2.45) is 5.92 Å². The number of methoxy groups -OCH3 is 1. The third-order valence-corrected chi connectivity index (χ3v) is 5.01. The van der Waals surface area contributed by atoms with E-state index in [2.05, 4.69) is 17.0 Å². The summed E-state index contributed by atoms with van der Waals surface area (Å²) in [7, 11) is 1.81. The van der Waals surface area contributed by atoms with Crippen LogP contribution in [0, 0.1) is 5.92 Å². The molecule has 0 aromatic heterocycles. The molecule has 3 rings (SSSR count). The molecule has 0 atom stereocenters. The summed E-state index contributed by atoms with van der Waals surface area (Å²) in [6, 6.07) is 8.53. The minimum atomic E-state index is 0.418. The van der Waals surface area contributed by atoms with Crippen LogP contribution in [0.4, 0.5) is 5.69 Å². The molecule has 3 nitrogen and oxygen atoms in total. The lowest BCUT2D eigenvalue weighted by molar-refractivity contribution is 0.0955. The maximum atomic E-state index is 5.80. The minimum Gasteiger partial charge on any atom is -0.399 e. The summed E-state index contributed by atoms with van der Waals surface area (Å²) in [4.78, 5) is 2.65. The summed E-state index contributed by atoms with van der Waals surface area (Å²) in [5, 5.41) is 0. The van der Waals surface area contributed by atoms with Gasteiger partial charge in [-0.1, -0.05) is 12.1 Å². The molecule has 20 heavy (non-hydrogen) atoms. The fraction of sp³-hybridized carbons (Fsp3) is 0.647. The summed E-state index contributed by atoms with van der Waals surface area (Å²) in [5.41, 5.74) is 8.56.